The summed E-state index contributed by atoms with van der Waals surface area (Å²) < 4.78 is 0. The molecule has 0 amide bonds. The monoisotopic (exact) mass is 838 g/mol. The van der Waals surface area contributed by atoms with E-state index in [0.29, 0.717) is 5.69 Å². The van der Waals surface area contributed by atoms with E-state index in [2.05, 4.69) is 76.7 Å². The molecule has 3 heterocycles. The number of fused-ring (bicyclic) bond motifs is 1. The van der Waals surface area contributed by atoms with Gasteiger partial charge in [0.2, 0.25) is 0 Å². The summed E-state index contributed by atoms with van der Waals surface area (Å²) in [6, 6.07) is 56.5. The molecule has 51 heavy (non-hydrogen) atoms. The molecule has 3 aromatic heterocycles. The first-order valence-electron chi connectivity index (χ1n) is 16.2. The van der Waals surface area contributed by atoms with Crippen molar-refractivity contribution in [3.8, 4) is 56.0 Å². The number of carboxylic acids is 1. The van der Waals surface area contributed by atoms with E-state index >= 15 is 0 Å². The quantitative estimate of drug-likeness (QED) is 0.169. The van der Waals surface area contributed by atoms with Crippen LogP contribution in [-0.4, -0.2) is 26.0 Å². The second-order valence-electron chi connectivity index (χ2n) is 11.7. The molecule has 6 heteroatoms. The van der Waals surface area contributed by atoms with E-state index in [-0.39, 0.29) is 25.8 Å². The molecule has 5 nitrogen and oxygen atoms in total. The predicted molar refractivity (Wildman–Crippen MR) is 200 cm³/mol. The van der Waals surface area contributed by atoms with Gasteiger partial charge >= 0.3 is 5.97 Å². The van der Waals surface area contributed by atoms with Gasteiger partial charge in [-0.2, -0.15) is 0 Å². The van der Waals surface area contributed by atoms with Gasteiger partial charge in [-0.05, 0) is 58.3 Å². The molecule has 8 aromatic rings. The molecule has 0 aliphatic carbocycles. The maximum atomic E-state index is 11.3. The summed E-state index contributed by atoms with van der Waals surface area (Å²) in [4.78, 5) is 24.8. The normalized spacial score (nSPS) is 10.5. The zero-order valence-corrected chi connectivity index (χ0v) is 30.0. The Morgan fingerprint density at radius 2 is 1.29 bits per heavy atom. The van der Waals surface area contributed by atoms with E-state index in [1.165, 1.54) is 5.39 Å². The number of aryl methyl sites for hydroxylation is 1. The van der Waals surface area contributed by atoms with Crippen LogP contribution in [0.3, 0.4) is 0 Å². The zero-order chi connectivity index (χ0) is 34.3. The van der Waals surface area contributed by atoms with Crippen LogP contribution in [0.2, 0.25) is 0 Å². The molecule has 1 radical (unpaired) electrons. The molecule has 0 bridgehead atoms. The van der Waals surface area contributed by atoms with Gasteiger partial charge in [0.25, 0.3) is 0 Å². The standard InChI is InChI=1S/C26H17N2.C19H14NO2.Ir/c1-2-8-19(9-3-1)21-16-22(25-12-6-7-14-27-25)18-23(17-21)26-24-11-5-4-10-20(24)13-15-28-26;1-13-7-9-14(10-8-13)16-11-17(15-5-3-2-4-6-15)20-18(12-16)19(21)22;/h1-17H;2-5,7-12H,1H3,(H,21,22);/q2*-1;. The SMILES string of the molecule is Cc1ccc(-c2cc(C(=O)O)nc(-c3[c-]cccc3)c2)cc1.[Ir].[c-]1c(-c2ccccn2)cc(-c2ccccc2)cc1-c1nccc2ccccc12. The fourth-order valence-corrected chi connectivity index (χ4v) is 5.73. The number of rotatable bonds is 6. The van der Waals surface area contributed by atoms with Gasteiger partial charge in [-0.1, -0.05) is 119 Å². The molecule has 0 atom stereocenters. The molecule has 0 spiro atoms. The van der Waals surface area contributed by atoms with E-state index in [9.17, 15) is 9.90 Å². The number of aromatic carboxylic acids is 1. The summed E-state index contributed by atoms with van der Waals surface area (Å²) in [5, 5.41) is 11.6. The third-order valence-corrected chi connectivity index (χ3v) is 8.26. The number of pyridine rings is 3. The number of hydrogen-bond acceptors (Lipinski definition) is 4. The molecule has 5 aromatic carbocycles. The first-order valence-corrected chi connectivity index (χ1v) is 16.2. The molecule has 0 aliphatic rings. The van der Waals surface area contributed by atoms with Crippen molar-refractivity contribution >= 4 is 16.7 Å². The van der Waals surface area contributed by atoms with Crippen molar-refractivity contribution in [1.29, 1.82) is 0 Å². The zero-order valence-electron chi connectivity index (χ0n) is 27.6. The predicted octanol–water partition coefficient (Wildman–Crippen LogP) is 10.7. The average Bonchev–Trinajstić information content (AvgIpc) is 3.19. The van der Waals surface area contributed by atoms with Crippen LogP contribution in [0.4, 0.5) is 0 Å². The maximum absolute atomic E-state index is 11.3. The fourth-order valence-electron chi connectivity index (χ4n) is 5.73. The summed E-state index contributed by atoms with van der Waals surface area (Å²) >= 11 is 0. The van der Waals surface area contributed by atoms with Crippen molar-refractivity contribution in [1.82, 2.24) is 15.0 Å². The van der Waals surface area contributed by atoms with Gasteiger partial charge in [0, 0.05) is 43.9 Å². The van der Waals surface area contributed by atoms with E-state index in [4.69, 9.17) is 4.98 Å². The van der Waals surface area contributed by atoms with Gasteiger partial charge in [-0.25, -0.2) is 4.79 Å². The molecule has 0 saturated carbocycles. The molecule has 0 unspecified atom stereocenters. The number of benzene rings is 5. The van der Waals surface area contributed by atoms with Gasteiger partial charge in [-0.3, -0.25) is 15.0 Å². The Morgan fingerprint density at radius 1 is 0.588 bits per heavy atom. The Hall–Kier alpha value is -6.07. The van der Waals surface area contributed by atoms with Crippen molar-refractivity contribution < 1.29 is 30.0 Å². The largest absolute Gasteiger partial charge is 0.477 e. The third kappa shape index (κ3) is 8.22. The second-order valence-corrected chi connectivity index (χ2v) is 11.7. The number of carboxylic acid groups (broad SMARTS) is 1. The number of carbonyl (C=O) groups is 1. The fraction of sp³-hybridized carbons (Fsp3) is 0.0222. The Kier molecular flexibility index (Phi) is 11.0. The van der Waals surface area contributed by atoms with Gasteiger partial charge in [-0.15, -0.1) is 54.1 Å². The number of aromatic nitrogens is 3. The average molecular weight is 838 g/mol. The van der Waals surface area contributed by atoms with Crippen LogP contribution >= 0.6 is 0 Å². The smallest absolute Gasteiger partial charge is 0.353 e. The van der Waals surface area contributed by atoms with Crippen molar-refractivity contribution in [2.24, 2.45) is 0 Å². The summed E-state index contributed by atoms with van der Waals surface area (Å²) in [5.74, 6) is -1.04. The molecule has 249 valence electrons. The summed E-state index contributed by atoms with van der Waals surface area (Å²) in [6.45, 7) is 2.02. The molecule has 8 rings (SSSR count). The molecule has 0 aliphatic heterocycles. The molecule has 0 saturated heterocycles. The van der Waals surface area contributed by atoms with Crippen LogP contribution in [0.15, 0.2) is 164 Å². The first kappa shape index (κ1) is 34.8. The van der Waals surface area contributed by atoms with Crippen LogP contribution in [-0.2, 0) is 20.1 Å². The minimum atomic E-state index is -1.04. The van der Waals surface area contributed by atoms with Gasteiger partial charge in [0.1, 0.15) is 5.69 Å². The molecule has 0 fully saturated rings. The topological polar surface area (TPSA) is 76.0 Å². The van der Waals surface area contributed by atoms with Crippen LogP contribution in [0.25, 0.3) is 66.8 Å². The maximum Gasteiger partial charge on any atom is 0.353 e. The molecule has 1 N–H and O–H groups in total. The summed E-state index contributed by atoms with van der Waals surface area (Å²) in [5.41, 5.74) is 10.4. The number of hydrogen-bond donors (Lipinski definition) is 1. The Morgan fingerprint density at radius 3 is 2.04 bits per heavy atom. The number of nitrogens with zero attached hydrogens (tertiary/aromatic N) is 3. The van der Waals surface area contributed by atoms with Crippen LogP contribution in [0.5, 0.6) is 0 Å². The Bertz CT molecular complexity index is 2340. The minimum Gasteiger partial charge on any atom is -0.477 e. The first-order chi connectivity index (χ1) is 24.5. The van der Waals surface area contributed by atoms with E-state index in [1.807, 2.05) is 104 Å². The van der Waals surface area contributed by atoms with Crippen LogP contribution < -0.4 is 0 Å². The molecular weight excluding hydrogens is 807 g/mol. The Balaban J connectivity index is 0.000000178. The van der Waals surface area contributed by atoms with Crippen molar-refractivity contribution in [3.05, 3.63) is 187 Å². The summed E-state index contributed by atoms with van der Waals surface area (Å²) in [6.07, 6.45) is 3.68. The second kappa shape index (κ2) is 16.1. The van der Waals surface area contributed by atoms with Crippen molar-refractivity contribution in [2.45, 2.75) is 6.92 Å². The van der Waals surface area contributed by atoms with E-state index in [1.54, 1.807) is 12.1 Å². The third-order valence-electron chi connectivity index (χ3n) is 8.26. The van der Waals surface area contributed by atoms with Gasteiger partial charge in [0.15, 0.2) is 0 Å². The van der Waals surface area contributed by atoms with Crippen LogP contribution in [0.1, 0.15) is 16.1 Å². The Labute approximate surface area is 310 Å². The summed E-state index contributed by atoms with van der Waals surface area (Å²) in [7, 11) is 0. The van der Waals surface area contributed by atoms with E-state index < -0.39 is 5.97 Å². The minimum absolute atomic E-state index is 0. The van der Waals surface area contributed by atoms with Crippen LogP contribution in [0, 0.1) is 19.1 Å². The van der Waals surface area contributed by atoms with Gasteiger partial charge < -0.3 is 5.11 Å². The van der Waals surface area contributed by atoms with Crippen molar-refractivity contribution in [2.75, 3.05) is 0 Å². The molecular formula is C45H31IrN3O2-2. The van der Waals surface area contributed by atoms with Gasteiger partial charge in [0.05, 0.1) is 0 Å². The van der Waals surface area contributed by atoms with E-state index in [0.717, 1.165) is 61.3 Å². The van der Waals surface area contributed by atoms with Crippen molar-refractivity contribution in [3.63, 3.8) is 0 Å².